The van der Waals surface area contributed by atoms with Crippen molar-refractivity contribution < 1.29 is 4.79 Å². The summed E-state index contributed by atoms with van der Waals surface area (Å²) < 4.78 is 0. The smallest absolute Gasteiger partial charge is 0.249 e. The quantitative estimate of drug-likeness (QED) is 0.611. The van der Waals surface area contributed by atoms with Crippen molar-refractivity contribution in [2.75, 3.05) is 0 Å². The van der Waals surface area contributed by atoms with Crippen LogP contribution >= 0.6 is 0 Å². The van der Waals surface area contributed by atoms with Gasteiger partial charge < -0.3 is 4.90 Å². The van der Waals surface area contributed by atoms with Gasteiger partial charge in [-0.2, -0.15) is 0 Å². The fourth-order valence-corrected chi connectivity index (χ4v) is 2.12. The molecule has 0 rings (SSSR count). The normalized spacial score (nSPS) is 12.4. The van der Waals surface area contributed by atoms with Gasteiger partial charge in [0.05, 0.1) is 0 Å². The van der Waals surface area contributed by atoms with Gasteiger partial charge >= 0.3 is 0 Å². The Hall–Kier alpha value is -0.790. The summed E-state index contributed by atoms with van der Waals surface area (Å²) in [5.41, 5.74) is 0.997. The molecule has 0 bridgehead atoms. The maximum Gasteiger partial charge on any atom is 0.249 e. The molecule has 0 spiro atoms. The number of allylic oxidation sites excluding steroid dienone is 1. The van der Waals surface area contributed by atoms with E-state index in [0.29, 0.717) is 0 Å². The fraction of sp³-hybridized carbons (Fsp3) is 0.800. The van der Waals surface area contributed by atoms with Crippen LogP contribution in [0.25, 0.3) is 0 Å². The van der Waals surface area contributed by atoms with E-state index in [1.807, 2.05) is 4.90 Å². The monoisotopic (exact) mass is 239 g/mol. The maximum absolute atomic E-state index is 12.5. The van der Waals surface area contributed by atoms with Crippen molar-refractivity contribution in [3.8, 4) is 0 Å². The second kappa shape index (κ2) is 8.32. The molecule has 100 valence electrons. The molecule has 0 aliphatic heterocycles. The third kappa shape index (κ3) is 5.38. The lowest BCUT2D eigenvalue weighted by Crippen LogP contribution is -2.42. The molecular weight excluding hydrogens is 210 g/mol. The van der Waals surface area contributed by atoms with Crippen molar-refractivity contribution in [1.29, 1.82) is 0 Å². The van der Waals surface area contributed by atoms with E-state index in [1.165, 1.54) is 0 Å². The van der Waals surface area contributed by atoms with Crippen LogP contribution < -0.4 is 0 Å². The van der Waals surface area contributed by atoms with Crippen molar-refractivity contribution in [3.05, 3.63) is 11.6 Å². The zero-order valence-electron chi connectivity index (χ0n) is 12.4. The van der Waals surface area contributed by atoms with Crippen LogP contribution in [-0.4, -0.2) is 22.9 Å². The first-order valence-corrected chi connectivity index (χ1v) is 6.97. The van der Waals surface area contributed by atoms with E-state index in [2.05, 4.69) is 47.6 Å². The Morgan fingerprint density at radius 1 is 1.06 bits per heavy atom. The van der Waals surface area contributed by atoms with Gasteiger partial charge in [0, 0.05) is 17.7 Å². The Bertz CT molecular complexity index is 246. The van der Waals surface area contributed by atoms with Crippen LogP contribution in [0, 0.1) is 0 Å². The van der Waals surface area contributed by atoms with E-state index in [9.17, 15) is 4.79 Å². The van der Waals surface area contributed by atoms with Crippen LogP contribution in [0.4, 0.5) is 0 Å². The summed E-state index contributed by atoms with van der Waals surface area (Å²) in [7, 11) is 0. The lowest BCUT2D eigenvalue weighted by Gasteiger charge is -2.31. The van der Waals surface area contributed by atoms with Crippen LogP contribution in [0.5, 0.6) is 0 Å². The predicted octanol–water partition coefficient (Wildman–Crippen LogP) is 4.16. The summed E-state index contributed by atoms with van der Waals surface area (Å²) in [5, 5.41) is 0. The molecule has 0 heterocycles. The summed E-state index contributed by atoms with van der Waals surface area (Å²) in [6, 6.07) is 0.536. The topological polar surface area (TPSA) is 20.3 Å². The first kappa shape index (κ1) is 16.2. The van der Waals surface area contributed by atoms with E-state index < -0.39 is 0 Å². The van der Waals surface area contributed by atoms with Crippen molar-refractivity contribution in [2.24, 2.45) is 0 Å². The molecular formula is C15H29NO. The Morgan fingerprint density at radius 3 is 1.94 bits per heavy atom. The van der Waals surface area contributed by atoms with Gasteiger partial charge in [-0.25, -0.2) is 0 Å². The zero-order chi connectivity index (χ0) is 13.4. The largest absolute Gasteiger partial charge is 0.334 e. The van der Waals surface area contributed by atoms with E-state index in [0.717, 1.165) is 31.3 Å². The predicted molar refractivity (Wildman–Crippen MR) is 75.0 cm³/mol. The minimum absolute atomic E-state index is 0.227. The van der Waals surface area contributed by atoms with E-state index >= 15 is 0 Å². The number of rotatable bonds is 7. The molecule has 1 amide bonds. The molecule has 0 atom stereocenters. The third-order valence-electron chi connectivity index (χ3n) is 2.82. The summed E-state index contributed by atoms with van der Waals surface area (Å²) in [6.07, 6.45) is 6.17. The number of carbonyl (C=O) groups is 1. The van der Waals surface area contributed by atoms with Gasteiger partial charge in [0.1, 0.15) is 0 Å². The standard InChI is InChI=1S/C15H29NO/c1-7-9-11-14(10-8-2)15(17)16(12(3)4)13(5)6/h11-13H,7-10H2,1-6H3/b14-11+. The fourth-order valence-electron chi connectivity index (χ4n) is 2.12. The van der Waals surface area contributed by atoms with Gasteiger partial charge in [-0.3, -0.25) is 4.79 Å². The van der Waals surface area contributed by atoms with Gasteiger partial charge in [-0.15, -0.1) is 0 Å². The highest BCUT2D eigenvalue weighted by molar-refractivity contribution is 5.93. The number of amides is 1. The second-order valence-electron chi connectivity index (χ2n) is 5.17. The SMILES string of the molecule is CCC/C=C(\CCC)C(=O)N(C(C)C)C(C)C. The first-order valence-electron chi connectivity index (χ1n) is 6.97. The summed E-state index contributed by atoms with van der Waals surface area (Å²) >= 11 is 0. The summed E-state index contributed by atoms with van der Waals surface area (Å²) in [5.74, 6) is 0.227. The summed E-state index contributed by atoms with van der Waals surface area (Å²) in [4.78, 5) is 14.5. The molecule has 0 saturated carbocycles. The van der Waals surface area contributed by atoms with Crippen molar-refractivity contribution in [2.45, 2.75) is 79.3 Å². The average molecular weight is 239 g/mol. The van der Waals surface area contributed by atoms with Crippen LogP contribution in [0.1, 0.15) is 67.2 Å². The molecule has 0 N–H and O–H groups in total. The van der Waals surface area contributed by atoms with E-state index in [4.69, 9.17) is 0 Å². The first-order chi connectivity index (χ1) is 7.95. The van der Waals surface area contributed by atoms with Crippen molar-refractivity contribution in [3.63, 3.8) is 0 Å². The van der Waals surface area contributed by atoms with Crippen LogP contribution in [-0.2, 0) is 4.79 Å². The molecule has 0 aromatic heterocycles. The molecule has 0 aliphatic rings. The lowest BCUT2D eigenvalue weighted by atomic mass is 10.1. The van der Waals surface area contributed by atoms with Crippen molar-refractivity contribution >= 4 is 5.91 Å². The average Bonchev–Trinajstić information content (AvgIpc) is 2.22. The Kier molecular flexibility index (Phi) is 7.94. The number of hydrogen-bond donors (Lipinski definition) is 0. The molecule has 0 unspecified atom stereocenters. The Balaban J connectivity index is 4.90. The zero-order valence-corrected chi connectivity index (χ0v) is 12.4. The number of unbranched alkanes of at least 4 members (excludes halogenated alkanes) is 1. The second-order valence-corrected chi connectivity index (χ2v) is 5.17. The minimum atomic E-state index is 0.227. The molecule has 0 aromatic rings. The van der Waals surface area contributed by atoms with Crippen LogP contribution in [0.2, 0.25) is 0 Å². The molecule has 0 radical (unpaired) electrons. The molecule has 2 heteroatoms. The van der Waals surface area contributed by atoms with Crippen LogP contribution in [0.15, 0.2) is 11.6 Å². The maximum atomic E-state index is 12.5. The van der Waals surface area contributed by atoms with Gasteiger partial charge in [0.25, 0.3) is 0 Å². The molecule has 2 nitrogen and oxygen atoms in total. The van der Waals surface area contributed by atoms with Crippen molar-refractivity contribution in [1.82, 2.24) is 4.90 Å². The number of carbonyl (C=O) groups excluding carboxylic acids is 1. The van der Waals surface area contributed by atoms with Gasteiger partial charge in [-0.1, -0.05) is 32.8 Å². The van der Waals surface area contributed by atoms with Gasteiger partial charge in [0.15, 0.2) is 0 Å². The highest BCUT2D eigenvalue weighted by Gasteiger charge is 2.22. The van der Waals surface area contributed by atoms with Gasteiger partial charge in [0.2, 0.25) is 5.91 Å². The highest BCUT2D eigenvalue weighted by atomic mass is 16.2. The molecule has 0 saturated heterocycles. The van der Waals surface area contributed by atoms with Crippen LogP contribution in [0.3, 0.4) is 0 Å². The molecule has 0 fully saturated rings. The molecule has 0 aromatic carbocycles. The Labute approximate surface area is 107 Å². The Morgan fingerprint density at radius 2 is 1.59 bits per heavy atom. The van der Waals surface area contributed by atoms with E-state index in [1.54, 1.807) is 0 Å². The van der Waals surface area contributed by atoms with Gasteiger partial charge in [-0.05, 0) is 40.5 Å². The van der Waals surface area contributed by atoms with E-state index in [-0.39, 0.29) is 18.0 Å². The minimum Gasteiger partial charge on any atom is -0.334 e. The number of hydrogen-bond acceptors (Lipinski definition) is 1. The third-order valence-corrected chi connectivity index (χ3v) is 2.82. The number of nitrogens with zero attached hydrogens (tertiary/aromatic N) is 1. The molecule has 17 heavy (non-hydrogen) atoms. The molecule has 0 aliphatic carbocycles. The highest BCUT2D eigenvalue weighted by Crippen LogP contribution is 2.16. The lowest BCUT2D eigenvalue weighted by molar-refractivity contribution is -0.130. The summed E-state index contributed by atoms with van der Waals surface area (Å²) in [6.45, 7) is 12.6.